The average Bonchev–Trinajstić information content (AvgIpc) is 3.31. The molecule has 4 heterocycles. The summed E-state index contributed by atoms with van der Waals surface area (Å²) >= 11 is 6.07. The fraction of sp³-hybridized carbons (Fsp3) is 0.261. The van der Waals surface area contributed by atoms with Crippen LogP contribution in [0.3, 0.4) is 0 Å². The number of halogens is 4. The first-order valence-corrected chi connectivity index (χ1v) is 11.8. The molecule has 0 bridgehead atoms. The lowest BCUT2D eigenvalue weighted by molar-refractivity contribution is 0.0582. The van der Waals surface area contributed by atoms with E-state index >= 15 is 4.39 Å². The molecule has 0 spiro atoms. The van der Waals surface area contributed by atoms with Crippen LogP contribution in [0.1, 0.15) is 37.5 Å². The third kappa shape index (κ3) is 4.46. The van der Waals surface area contributed by atoms with Gasteiger partial charge in [0, 0.05) is 23.5 Å². The normalized spacial score (nSPS) is 14.4. The molecule has 1 aliphatic rings. The van der Waals surface area contributed by atoms with Gasteiger partial charge in [-0.2, -0.15) is 28.3 Å². The quantitative estimate of drug-likeness (QED) is 0.287. The van der Waals surface area contributed by atoms with E-state index in [0.717, 1.165) is 25.6 Å². The zero-order chi connectivity index (χ0) is 25.5. The molecule has 0 radical (unpaired) electrons. The number of rotatable bonds is 8. The number of pyridine rings is 1. The van der Waals surface area contributed by atoms with Crippen molar-refractivity contribution in [2.45, 2.75) is 31.9 Å². The number of alkyl halides is 2. The summed E-state index contributed by atoms with van der Waals surface area (Å²) in [5.41, 5.74) is 2.24. The van der Waals surface area contributed by atoms with E-state index in [1.54, 1.807) is 35.3 Å². The molecule has 0 aliphatic heterocycles. The van der Waals surface area contributed by atoms with Crippen molar-refractivity contribution in [3.05, 3.63) is 72.0 Å². The lowest BCUT2D eigenvalue weighted by Crippen LogP contribution is -2.14. The van der Waals surface area contributed by atoms with Gasteiger partial charge in [-0.3, -0.25) is 9.67 Å². The SMILES string of the molecule is Fc1c(Cl)ccc(-n2cnnn2)c1-c1ccc(C(CC2CC2)n2cc(-c3ncnn3C(F)F)cn2)nc1. The highest BCUT2D eigenvalue weighted by atomic mass is 35.5. The van der Waals surface area contributed by atoms with Crippen LogP contribution in [0.5, 0.6) is 0 Å². The van der Waals surface area contributed by atoms with Crippen molar-refractivity contribution in [2.75, 3.05) is 0 Å². The second-order valence-electron chi connectivity index (χ2n) is 8.69. The first kappa shape index (κ1) is 23.3. The van der Waals surface area contributed by atoms with Crippen molar-refractivity contribution in [1.29, 1.82) is 0 Å². The molecule has 1 atom stereocenters. The summed E-state index contributed by atoms with van der Waals surface area (Å²) < 4.78 is 45.3. The Kier molecular flexibility index (Phi) is 5.91. The zero-order valence-electron chi connectivity index (χ0n) is 19.0. The number of benzene rings is 1. The standard InChI is InChI=1S/C23H18ClF3N10/c24-16-4-6-18(36-12-30-33-34-36)20(21(16)25)14-3-5-17(28-8-14)19(7-13-1-2-13)35-10-15(9-31-35)22-29-11-32-37(22)23(26)27/h3-6,8-13,19,23H,1-2,7H2. The molecule has 6 rings (SSSR count). The van der Waals surface area contributed by atoms with Crippen LogP contribution in [-0.2, 0) is 0 Å². The van der Waals surface area contributed by atoms with E-state index in [0.29, 0.717) is 33.1 Å². The molecule has 1 aromatic carbocycles. The summed E-state index contributed by atoms with van der Waals surface area (Å²) in [7, 11) is 0. The van der Waals surface area contributed by atoms with Crippen LogP contribution in [0.15, 0.2) is 55.5 Å². The van der Waals surface area contributed by atoms with Crippen LogP contribution in [0, 0.1) is 11.7 Å². The van der Waals surface area contributed by atoms with Crippen molar-refractivity contribution >= 4 is 11.6 Å². The summed E-state index contributed by atoms with van der Waals surface area (Å²) in [4.78, 5) is 8.60. The van der Waals surface area contributed by atoms with E-state index < -0.39 is 12.4 Å². The third-order valence-electron chi connectivity index (χ3n) is 6.28. The predicted octanol–water partition coefficient (Wildman–Crippen LogP) is 4.76. The molecule has 1 saturated carbocycles. The monoisotopic (exact) mass is 526 g/mol. The van der Waals surface area contributed by atoms with Crippen molar-refractivity contribution < 1.29 is 13.2 Å². The fourth-order valence-electron chi connectivity index (χ4n) is 4.29. The Balaban J connectivity index is 1.36. The van der Waals surface area contributed by atoms with Gasteiger partial charge in [-0.1, -0.05) is 30.5 Å². The van der Waals surface area contributed by atoms with Gasteiger partial charge in [-0.25, -0.2) is 9.37 Å². The Morgan fingerprint density at radius 1 is 1.03 bits per heavy atom. The van der Waals surface area contributed by atoms with E-state index in [-0.39, 0.29) is 22.5 Å². The summed E-state index contributed by atoms with van der Waals surface area (Å²) in [6.45, 7) is -2.82. The van der Waals surface area contributed by atoms with Gasteiger partial charge in [-0.05, 0) is 41.0 Å². The number of nitrogens with zero attached hydrogens (tertiary/aromatic N) is 10. The van der Waals surface area contributed by atoms with Crippen molar-refractivity contribution in [3.63, 3.8) is 0 Å². The van der Waals surface area contributed by atoms with E-state index in [2.05, 4.69) is 35.7 Å². The maximum atomic E-state index is 15.1. The van der Waals surface area contributed by atoms with Crippen molar-refractivity contribution in [3.8, 4) is 28.2 Å². The Bertz CT molecular complexity index is 1530. The number of aromatic nitrogens is 10. The minimum atomic E-state index is -2.82. The maximum Gasteiger partial charge on any atom is 0.335 e. The average molecular weight is 527 g/mol. The van der Waals surface area contributed by atoms with Gasteiger partial charge in [0.1, 0.15) is 12.7 Å². The second-order valence-corrected chi connectivity index (χ2v) is 9.10. The van der Waals surface area contributed by atoms with Crippen LogP contribution in [0.25, 0.3) is 28.2 Å². The van der Waals surface area contributed by atoms with Gasteiger partial charge in [-0.15, -0.1) is 5.10 Å². The van der Waals surface area contributed by atoms with E-state index in [9.17, 15) is 8.78 Å². The Morgan fingerprint density at radius 2 is 1.89 bits per heavy atom. The van der Waals surface area contributed by atoms with Gasteiger partial charge in [0.05, 0.1) is 34.2 Å². The molecular weight excluding hydrogens is 509 g/mol. The molecule has 1 fully saturated rings. The summed E-state index contributed by atoms with van der Waals surface area (Å²) in [6.07, 6.45) is 10.1. The molecule has 5 aromatic rings. The molecule has 188 valence electrons. The first-order chi connectivity index (χ1) is 18.0. The highest BCUT2D eigenvalue weighted by molar-refractivity contribution is 6.31. The van der Waals surface area contributed by atoms with Crippen molar-refractivity contribution in [2.24, 2.45) is 5.92 Å². The van der Waals surface area contributed by atoms with Gasteiger partial charge in [0.15, 0.2) is 11.6 Å². The number of hydrogen-bond acceptors (Lipinski definition) is 7. The van der Waals surface area contributed by atoms with Crippen LogP contribution >= 0.6 is 11.6 Å². The van der Waals surface area contributed by atoms with Crippen LogP contribution in [0.4, 0.5) is 13.2 Å². The van der Waals surface area contributed by atoms with Crippen molar-refractivity contribution in [1.82, 2.24) is 49.7 Å². The third-order valence-corrected chi connectivity index (χ3v) is 6.57. The topological polar surface area (TPSA) is 105 Å². The Labute approximate surface area is 212 Å². The predicted molar refractivity (Wildman–Crippen MR) is 125 cm³/mol. The molecule has 37 heavy (non-hydrogen) atoms. The lowest BCUT2D eigenvalue weighted by Gasteiger charge is -2.18. The first-order valence-electron chi connectivity index (χ1n) is 11.4. The van der Waals surface area contributed by atoms with E-state index in [4.69, 9.17) is 11.6 Å². The molecule has 14 heteroatoms. The molecule has 0 saturated heterocycles. The molecule has 0 amide bonds. The van der Waals surface area contributed by atoms with E-state index in [1.807, 2.05) is 0 Å². The molecule has 1 aliphatic carbocycles. The van der Waals surface area contributed by atoms with Crippen LogP contribution in [0.2, 0.25) is 5.02 Å². The lowest BCUT2D eigenvalue weighted by atomic mass is 10.0. The zero-order valence-corrected chi connectivity index (χ0v) is 19.8. The van der Waals surface area contributed by atoms with Crippen LogP contribution in [-0.4, -0.2) is 49.7 Å². The minimum Gasteiger partial charge on any atom is -0.263 e. The number of tetrazole rings is 1. The summed E-state index contributed by atoms with van der Waals surface area (Å²) in [5, 5.41) is 19.1. The summed E-state index contributed by atoms with van der Waals surface area (Å²) in [5.74, 6) is -0.0690. The highest BCUT2D eigenvalue weighted by Crippen LogP contribution is 2.40. The maximum absolute atomic E-state index is 15.1. The molecule has 1 unspecified atom stereocenters. The second kappa shape index (κ2) is 9.39. The molecule has 0 N–H and O–H groups in total. The molecule has 4 aromatic heterocycles. The summed E-state index contributed by atoms with van der Waals surface area (Å²) in [6, 6.07) is 6.37. The smallest absolute Gasteiger partial charge is 0.263 e. The number of hydrogen-bond donors (Lipinski definition) is 0. The Morgan fingerprint density at radius 3 is 2.59 bits per heavy atom. The fourth-order valence-corrected chi connectivity index (χ4v) is 4.44. The largest absolute Gasteiger partial charge is 0.335 e. The van der Waals surface area contributed by atoms with E-state index in [1.165, 1.54) is 23.3 Å². The minimum absolute atomic E-state index is 0.0290. The molecule has 10 nitrogen and oxygen atoms in total. The van der Waals surface area contributed by atoms with Crippen LogP contribution < -0.4 is 0 Å². The van der Waals surface area contributed by atoms with Gasteiger partial charge in [0.25, 0.3) is 0 Å². The van der Waals surface area contributed by atoms with Gasteiger partial charge >= 0.3 is 6.55 Å². The Hall–Kier alpha value is -4.13. The van der Waals surface area contributed by atoms with Gasteiger partial charge in [0.2, 0.25) is 0 Å². The highest BCUT2D eigenvalue weighted by Gasteiger charge is 2.29. The van der Waals surface area contributed by atoms with Gasteiger partial charge < -0.3 is 0 Å². The molecular formula is C23H18ClF3N10.